The number of hydrogen-bond donors (Lipinski definition) is 1. The van der Waals surface area contributed by atoms with Crippen molar-refractivity contribution in [3.63, 3.8) is 0 Å². The van der Waals surface area contributed by atoms with Gasteiger partial charge in [-0.2, -0.15) is 13.2 Å². The van der Waals surface area contributed by atoms with E-state index in [2.05, 4.69) is 27.2 Å². The number of benzene rings is 1. The van der Waals surface area contributed by atoms with Gasteiger partial charge in [0.1, 0.15) is 23.9 Å². The Hall–Kier alpha value is -3.14. The molecule has 0 atom stereocenters. The Labute approximate surface area is 189 Å². The number of anilines is 1. The van der Waals surface area contributed by atoms with E-state index in [4.69, 9.17) is 14.2 Å². The van der Waals surface area contributed by atoms with Crippen molar-refractivity contribution < 1.29 is 27.4 Å². The van der Waals surface area contributed by atoms with Crippen LogP contribution in [-0.2, 0) is 17.5 Å². The zero-order valence-electron chi connectivity index (χ0n) is 18.6. The molecule has 176 valence electrons. The minimum absolute atomic E-state index is 0.0295. The normalized spacial score (nSPS) is 14.8. The molecule has 4 rings (SSSR count). The Balaban J connectivity index is 1.55. The standard InChI is InChI=1S/C23H25F3N4O3/c1-14-29-17-12-18(31-3)19(32-8-9-33-22(2)5-6-22)11-16(17)21(30-14)28-13-15-4-7-27-20(10-15)23(24,25)26/h4,7,10-12H,5-6,8-9,13H2,1-3H3,(H,28,29,30). The number of fused-ring (bicyclic) bond motifs is 1. The fraction of sp³-hybridized carbons (Fsp3) is 0.435. The fourth-order valence-electron chi connectivity index (χ4n) is 3.34. The molecule has 1 aliphatic carbocycles. The SMILES string of the molecule is COc1cc2nc(C)nc(NCc3ccnc(C(F)(F)F)c3)c2cc1OCCOC1(C)CC1. The molecule has 2 aromatic heterocycles. The summed E-state index contributed by atoms with van der Waals surface area (Å²) in [6.45, 7) is 4.75. The van der Waals surface area contributed by atoms with Gasteiger partial charge in [0.15, 0.2) is 11.5 Å². The molecule has 7 nitrogen and oxygen atoms in total. The molecule has 1 aliphatic rings. The average Bonchev–Trinajstić information content (AvgIpc) is 3.51. The van der Waals surface area contributed by atoms with Crippen LogP contribution in [0, 0.1) is 6.92 Å². The highest BCUT2D eigenvalue weighted by molar-refractivity contribution is 5.91. The highest BCUT2D eigenvalue weighted by atomic mass is 19.4. The molecule has 3 aromatic rings. The predicted octanol–water partition coefficient (Wildman–Crippen LogP) is 4.92. The number of halogens is 3. The maximum Gasteiger partial charge on any atom is 0.433 e. The molecule has 1 aromatic carbocycles. The number of hydrogen-bond acceptors (Lipinski definition) is 7. The van der Waals surface area contributed by atoms with Gasteiger partial charge in [0.25, 0.3) is 0 Å². The first-order valence-corrected chi connectivity index (χ1v) is 10.6. The number of alkyl halides is 3. The van der Waals surface area contributed by atoms with Gasteiger partial charge < -0.3 is 19.5 Å². The molecule has 0 saturated heterocycles. The van der Waals surface area contributed by atoms with Crippen LogP contribution in [0.3, 0.4) is 0 Å². The molecule has 0 aliphatic heterocycles. The first-order chi connectivity index (χ1) is 15.7. The smallest absolute Gasteiger partial charge is 0.433 e. The second kappa shape index (κ2) is 9.01. The van der Waals surface area contributed by atoms with Crippen LogP contribution < -0.4 is 14.8 Å². The summed E-state index contributed by atoms with van der Waals surface area (Å²) in [6, 6.07) is 6.06. The van der Waals surface area contributed by atoms with Gasteiger partial charge >= 0.3 is 6.18 Å². The van der Waals surface area contributed by atoms with Crippen LogP contribution in [0.25, 0.3) is 10.9 Å². The monoisotopic (exact) mass is 462 g/mol. The molecule has 1 saturated carbocycles. The first-order valence-electron chi connectivity index (χ1n) is 10.6. The van der Waals surface area contributed by atoms with Crippen LogP contribution in [0.5, 0.6) is 11.5 Å². The number of nitrogens with zero attached hydrogens (tertiary/aromatic N) is 3. The molecule has 0 spiro atoms. The van der Waals surface area contributed by atoms with Crippen LogP contribution in [0.4, 0.5) is 19.0 Å². The summed E-state index contributed by atoms with van der Waals surface area (Å²) in [4.78, 5) is 12.3. The zero-order chi connectivity index (χ0) is 23.6. The van der Waals surface area contributed by atoms with Gasteiger partial charge in [0.2, 0.25) is 0 Å². The van der Waals surface area contributed by atoms with E-state index in [0.29, 0.717) is 52.8 Å². The summed E-state index contributed by atoms with van der Waals surface area (Å²) in [7, 11) is 1.55. The zero-order valence-corrected chi connectivity index (χ0v) is 18.6. The molecule has 0 bridgehead atoms. The maximum atomic E-state index is 13.0. The number of aryl methyl sites for hydroxylation is 1. The van der Waals surface area contributed by atoms with Crippen molar-refractivity contribution in [2.24, 2.45) is 0 Å². The lowest BCUT2D eigenvalue weighted by molar-refractivity contribution is -0.141. The third-order valence-corrected chi connectivity index (χ3v) is 5.41. The minimum atomic E-state index is -4.50. The van der Waals surface area contributed by atoms with Gasteiger partial charge in [-0.25, -0.2) is 9.97 Å². The Morgan fingerprint density at radius 2 is 1.88 bits per heavy atom. The summed E-state index contributed by atoms with van der Waals surface area (Å²) in [6.07, 6.45) is -1.25. The van der Waals surface area contributed by atoms with E-state index < -0.39 is 11.9 Å². The minimum Gasteiger partial charge on any atom is -0.493 e. The van der Waals surface area contributed by atoms with E-state index in [1.54, 1.807) is 26.2 Å². The van der Waals surface area contributed by atoms with Crippen molar-refractivity contribution >= 4 is 16.7 Å². The molecular formula is C23H25F3N4O3. The fourth-order valence-corrected chi connectivity index (χ4v) is 3.34. The van der Waals surface area contributed by atoms with Crippen molar-refractivity contribution in [1.82, 2.24) is 15.0 Å². The van der Waals surface area contributed by atoms with E-state index >= 15 is 0 Å². The Morgan fingerprint density at radius 1 is 1.09 bits per heavy atom. The van der Waals surface area contributed by atoms with E-state index in [1.807, 2.05) is 0 Å². The van der Waals surface area contributed by atoms with Gasteiger partial charge in [-0.1, -0.05) is 0 Å². The number of aromatic nitrogens is 3. The second-order valence-corrected chi connectivity index (χ2v) is 8.19. The van der Waals surface area contributed by atoms with E-state index in [-0.39, 0.29) is 12.1 Å². The summed E-state index contributed by atoms with van der Waals surface area (Å²) in [5.74, 6) is 2.02. The lowest BCUT2D eigenvalue weighted by Gasteiger charge is -2.16. The number of nitrogens with one attached hydrogen (secondary N) is 1. The largest absolute Gasteiger partial charge is 0.493 e. The number of pyridine rings is 1. The lowest BCUT2D eigenvalue weighted by Crippen LogP contribution is -2.15. The van der Waals surface area contributed by atoms with E-state index in [0.717, 1.165) is 25.1 Å². The second-order valence-electron chi connectivity index (χ2n) is 8.19. The van der Waals surface area contributed by atoms with Crippen LogP contribution in [-0.4, -0.2) is 40.9 Å². The summed E-state index contributed by atoms with van der Waals surface area (Å²) >= 11 is 0. The van der Waals surface area contributed by atoms with Gasteiger partial charge in [-0.15, -0.1) is 0 Å². The first kappa shape index (κ1) is 23.0. The molecule has 0 unspecified atom stereocenters. The van der Waals surface area contributed by atoms with Crippen molar-refractivity contribution in [3.8, 4) is 11.5 Å². The number of methoxy groups -OCH3 is 1. The van der Waals surface area contributed by atoms with Crippen molar-refractivity contribution in [2.75, 3.05) is 25.6 Å². The van der Waals surface area contributed by atoms with Gasteiger partial charge in [0, 0.05) is 24.2 Å². The van der Waals surface area contributed by atoms with Gasteiger partial charge in [0.05, 0.1) is 24.8 Å². The van der Waals surface area contributed by atoms with Gasteiger partial charge in [-0.05, 0) is 50.5 Å². The molecule has 2 heterocycles. The van der Waals surface area contributed by atoms with E-state index in [1.165, 1.54) is 6.07 Å². The molecule has 10 heteroatoms. The van der Waals surface area contributed by atoms with Crippen molar-refractivity contribution in [2.45, 2.75) is 45.0 Å². The molecule has 1 N–H and O–H groups in total. The van der Waals surface area contributed by atoms with Crippen LogP contribution in [0.1, 0.15) is 36.8 Å². The van der Waals surface area contributed by atoms with Gasteiger partial charge in [-0.3, -0.25) is 4.98 Å². The summed E-state index contributed by atoms with van der Waals surface area (Å²) < 4.78 is 56.0. The molecular weight excluding hydrogens is 437 g/mol. The highest BCUT2D eigenvalue weighted by Crippen LogP contribution is 2.39. The molecule has 33 heavy (non-hydrogen) atoms. The maximum absolute atomic E-state index is 13.0. The molecule has 0 radical (unpaired) electrons. The predicted molar refractivity (Wildman–Crippen MR) is 116 cm³/mol. The topological polar surface area (TPSA) is 78.4 Å². The van der Waals surface area contributed by atoms with E-state index in [9.17, 15) is 13.2 Å². The summed E-state index contributed by atoms with van der Waals surface area (Å²) in [5.41, 5.74) is 0.0884. The number of rotatable bonds is 9. The molecule has 0 amide bonds. The average molecular weight is 462 g/mol. The molecule has 1 fully saturated rings. The van der Waals surface area contributed by atoms with Crippen LogP contribution in [0.15, 0.2) is 30.5 Å². The summed E-state index contributed by atoms with van der Waals surface area (Å²) in [5, 5.41) is 3.78. The van der Waals surface area contributed by atoms with Crippen molar-refractivity contribution in [3.05, 3.63) is 47.5 Å². The lowest BCUT2D eigenvalue weighted by atomic mass is 10.2. The third kappa shape index (κ3) is 5.62. The third-order valence-electron chi connectivity index (χ3n) is 5.41. The quantitative estimate of drug-likeness (QED) is 0.452. The van der Waals surface area contributed by atoms with Crippen LogP contribution >= 0.6 is 0 Å². The Morgan fingerprint density at radius 3 is 2.58 bits per heavy atom. The Kier molecular flexibility index (Phi) is 6.29. The highest BCUT2D eigenvalue weighted by Gasteiger charge is 2.38. The van der Waals surface area contributed by atoms with Crippen LogP contribution in [0.2, 0.25) is 0 Å². The van der Waals surface area contributed by atoms with Crippen molar-refractivity contribution in [1.29, 1.82) is 0 Å². The Bertz CT molecular complexity index is 1150. The number of ether oxygens (including phenoxy) is 3.